The summed E-state index contributed by atoms with van der Waals surface area (Å²) in [5, 5.41) is 13.7. The lowest BCUT2D eigenvalue weighted by atomic mass is 10.1. The summed E-state index contributed by atoms with van der Waals surface area (Å²) in [6.07, 6.45) is 0. The number of nitrogens with one attached hydrogen (secondary N) is 1. The standard InChI is InChI=1S/C15H15FN2O3/c1-17-9-12-8-14(18(19)20)6-7-15(12)21-10-11-2-4-13(16)5-3-11/h2-8,17H,9-10H2,1H3. The van der Waals surface area contributed by atoms with Crippen LogP contribution in [0.3, 0.4) is 0 Å². The molecule has 0 aliphatic rings. The van der Waals surface area contributed by atoms with Gasteiger partial charge in [-0.1, -0.05) is 12.1 Å². The molecule has 1 N–H and O–H groups in total. The van der Waals surface area contributed by atoms with Crippen LogP contribution >= 0.6 is 0 Å². The quantitative estimate of drug-likeness (QED) is 0.656. The van der Waals surface area contributed by atoms with Crippen LogP contribution < -0.4 is 10.1 Å². The van der Waals surface area contributed by atoms with Crippen LogP contribution in [0.2, 0.25) is 0 Å². The van der Waals surface area contributed by atoms with E-state index in [4.69, 9.17) is 4.74 Å². The van der Waals surface area contributed by atoms with Gasteiger partial charge in [0.25, 0.3) is 5.69 Å². The van der Waals surface area contributed by atoms with E-state index in [0.717, 1.165) is 5.56 Å². The van der Waals surface area contributed by atoms with Crippen molar-refractivity contribution in [2.75, 3.05) is 7.05 Å². The molecule has 0 spiro atoms. The normalized spacial score (nSPS) is 10.4. The van der Waals surface area contributed by atoms with Gasteiger partial charge < -0.3 is 10.1 Å². The third-order valence-corrected chi connectivity index (χ3v) is 2.93. The molecular weight excluding hydrogens is 275 g/mol. The molecule has 2 aromatic rings. The van der Waals surface area contributed by atoms with Crippen LogP contribution in [-0.4, -0.2) is 12.0 Å². The number of nitro benzene ring substituents is 1. The smallest absolute Gasteiger partial charge is 0.270 e. The van der Waals surface area contributed by atoms with Gasteiger partial charge in [0.2, 0.25) is 0 Å². The number of non-ortho nitro benzene ring substituents is 1. The minimum atomic E-state index is -0.442. The zero-order valence-electron chi connectivity index (χ0n) is 11.5. The summed E-state index contributed by atoms with van der Waals surface area (Å²) in [6, 6.07) is 10.5. The predicted octanol–water partition coefficient (Wildman–Crippen LogP) is 3.03. The van der Waals surface area contributed by atoms with Crippen molar-refractivity contribution in [3.63, 3.8) is 0 Å². The average molecular weight is 290 g/mol. The highest BCUT2D eigenvalue weighted by Gasteiger charge is 2.11. The largest absolute Gasteiger partial charge is 0.489 e. The topological polar surface area (TPSA) is 64.4 Å². The lowest BCUT2D eigenvalue weighted by Gasteiger charge is -2.11. The first kappa shape index (κ1) is 14.9. The summed E-state index contributed by atoms with van der Waals surface area (Å²) in [5.41, 5.74) is 1.55. The molecule has 0 atom stereocenters. The van der Waals surface area contributed by atoms with E-state index in [-0.39, 0.29) is 18.1 Å². The number of halogens is 1. The molecule has 0 bridgehead atoms. The molecule has 2 aromatic carbocycles. The molecule has 0 aliphatic heterocycles. The summed E-state index contributed by atoms with van der Waals surface area (Å²) in [6.45, 7) is 0.731. The van der Waals surface area contributed by atoms with Gasteiger partial charge in [0.05, 0.1) is 4.92 Å². The van der Waals surface area contributed by atoms with Crippen molar-refractivity contribution in [1.82, 2.24) is 5.32 Å². The maximum Gasteiger partial charge on any atom is 0.270 e. The molecule has 0 aromatic heterocycles. The van der Waals surface area contributed by atoms with E-state index in [9.17, 15) is 14.5 Å². The molecule has 0 heterocycles. The Morgan fingerprint density at radius 3 is 2.57 bits per heavy atom. The van der Waals surface area contributed by atoms with Crippen LogP contribution in [-0.2, 0) is 13.2 Å². The number of rotatable bonds is 6. The molecule has 0 saturated heterocycles. The highest BCUT2D eigenvalue weighted by molar-refractivity contribution is 5.43. The third-order valence-electron chi connectivity index (χ3n) is 2.93. The fourth-order valence-corrected chi connectivity index (χ4v) is 1.89. The van der Waals surface area contributed by atoms with Crippen LogP contribution in [0.15, 0.2) is 42.5 Å². The molecule has 0 amide bonds. The number of nitro groups is 1. The Kier molecular flexibility index (Phi) is 4.84. The minimum Gasteiger partial charge on any atom is -0.489 e. The van der Waals surface area contributed by atoms with Gasteiger partial charge in [0.15, 0.2) is 0 Å². The van der Waals surface area contributed by atoms with Crippen molar-refractivity contribution < 1.29 is 14.1 Å². The Hall–Kier alpha value is -2.47. The first-order chi connectivity index (χ1) is 10.1. The first-order valence-electron chi connectivity index (χ1n) is 6.39. The number of ether oxygens (including phenoxy) is 1. The average Bonchev–Trinajstić information content (AvgIpc) is 2.47. The van der Waals surface area contributed by atoms with Gasteiger partial charge in [-0.05, 0) is 30.8 Å². The Morgan fingerprint density at radius 2 is 1.95 bits per heavy atom. The van der Waals surface area contributed by atoms with E-state index in [2.05, 4.69) is 5.32 Å². The van der Waals surface area contributed by atoms with E-state index in [1.807, 2.05) is 0 Å². The molecule has 0 aliphatic carbocycles. The third kappa shape index (κ3) is 4.00. The number of hydrogen-bond donors (Lipinski definition) is 1. The van der Waals surface area contributed by atoms with Crippen LogP contribution in [0.5, 0.6) is 5.75 Å². The molecule has 5 nitrogen and oxygen atoms in total. The number of nitrogens with zero attached hydrogens (tertiary/aromatic N) is 1. The van der Waals surface area contributed by atoms with Crippen LogP contribution in [0, 0.1) is 15.9 Å². The highest BCUT2D eigenvalue weighted by Crippen LogP contribution is 2.25. The molecule has 0 saturated carbocycles. The SMILES string of the molecule is CNCc1cc([N+](=O)[O-])ccc1OCc1ccc(F)cc1. The summed E-state index contributed by atoms with van der Waals surface area (Å²) in [5.74, 6) is 0.268. The van der Waals surface area contributed by atoms with Crippen LogP contribution in [0.4, 0.5) is 10.1 Å². The first-order valence-corrected chi connectivity index (χ1v) is 6.39. The van der Waals surface area contributed by atoms with Gasteiger partial charge >= 0.3 is 0 Å². The molecule has 6 heteroatoms. The number of hydrogen-bond acceptors (Lipinski definition) is 4. The van der Waals surface area contributed by atoms with Crippen LogP contribution in [0.1, 0.15) is 11.1 Å². The van der Waals surface area contributed by atoms with Gasteiger partial charge in [-0.2, -0.15) is 0 Å². The van der Waals surface area contributed by atoms with Crippen LogP contribution in [0.25, 0.3) is 0 Å². The van der Waals surface area contributed by atoms with Gasteiger partial charge in [-0.25, -0.2) is 4.39 Å². The van der Waals surface area contributed by atoms with Crippen molar-refractivity contribution in [3.8, 4) is 5.75 Å². The second-order valence-corrected chi connectivity index (χ2v) is 4.49. The maximum atomic E-state index is 12.8. The van der Waals surface area contributed by atoms with E-state index in [1.54, 1.807) is 25.2 Å². The number of benzene rings is 2. The lowest BCUT2D eigenvalue weighted by molar-refractivity contribution is -0.384. The summed E-state index contributed by atoms with van der Waals surface area (Å²) < 4.78 is 18.5. The van der Waals surface area contributed by atoms with Gasteiger partial charge in [-0.3, -0.25) is 10.1 Å². The van der Waals surface area contributed by atoms with E-state index >= 15 is 0 Å². The molecular formula is C15H15FN2O3. The molecule has 2 rings (SSSR count). The van der Waals surface area contributed by atoms with Gasteiger partial charge in [-0.15, -0.1) is 0 Å². The van der Waals surface area contributed by atoms with E-state index in [1.165, 1.54) is 24.3 Å². The monoisotopic (exact) mass is 290 g/mol. The van der Waals surface area contributed by atoms with E-state index < -0.39 is 4.92 Å². The molecule has 0 fully saturated rings. The fraction of sp³-hybridized carbons (Fsp3) is 0.200. The van der Waals surface area contributed by atoms with Gasteiger partial charge in [0.1, 0.15) is 18.2 Å². The minimum absolute atomic E-state index is 0.0226. The Bertz CT molecular complexity index is 629. The highest BCUT2D eigenvalue weighted by atomic mass is 19.1. The Morgan fingerprint density at radius 1 is 1.24 bits per heavy atom. The molecule has 21 heavy (non-hydrogen) atoms. The molecule has 0 radical (unpaired) electrons. The maximum absolute atomic E-state index is 12.8. The summed E-state index contributed by atoms with van der Waals surface area (Å²) in [4.78, 5) is 10.3. The second kappa shape index (κ2) is 6.81. The molecule has 110 valence electrons. The Labute approximate surface area is 121 Å². The fourth-order valence-electron chi connectivity index (χ4n) is 1.89. The second-order valence-electron chi connectivity index (χ2n) is 4.49. The van der Waals surface area contributed by atoms with Crippen molar-refractivity contribution in [1.29, 1.82) is 0 Å². The predicted molar refractivity (Wildman–Crippen MR) is 76.6 cm³/mol. The lowest BCUT2D eigenvalue weighted by Crippen LogP contribution is -2.08. The Balaban J connectivity index is 2.14. The zero-order chi connectivity index (χ0) is 15.2. The summed E-state index contributed by atoms with van der Waals surface area (Å²) in [7, 11) is 1.75. The van der Waals surface area contributed by atoms with Crippen molar-refractivity contribution in [2.45, 2.75) is 13.2 Å². The van der Waals surface area contributed by atoms with E-state index in [0.29, 0.717) is 17.9 Å². The van der Waals surface area contributed by atoms with Crippen molar-refractivity contribution >= 4 is 5.69 Å². The molecule has 0 unspecified atom stereocenters. The van der Waals surface area contributed by atoms with Crippen molar-refractivity contribution in [2.24, 2.45) is 0 Å². The zero-order valence-corrected chi connectivity index (χ0v) is 11.5. The summed E-state index contributed by atoms with van der Waals surface area (Å²) >= 11 is 0. The van der Waals surface area contributed by atoms with Gasteiger partial charge in [0, 0.05) is 24.2 Å². The van der Waals surface area contributed by atoms with Crippen molar-refractivity contribution in [3.05, 3.63) is 69.5 Å².